The summed E-state index contributed by atoms with van der Waals surface area (Å²) in [6, 6.07) is 13.0. The van der Waals surface area contributed by atoms with Crippen LogP contribution in [0.3, 0.4) is 0 Å². The van der Waals surface area contributed by atoms with Crippen LogP contribution in [0.25, 0.3) is 11.1 Å². The number of rotatable bonds is 5. The van der Waals surface area contributed by atoms with Crippen LogP contribution < -0.4 is 5.73 Å². The van der Waals surface area contributed by atoms with Gasteiger partial charge in [0.25, 0.3) is 0 Å². The Morgan fingerprint density at radius 2 is 1.45 bits per heavy atom. The Hall–Kier alpha value is -2.29. The average Bonchev–Trinajstić information content (AvgIpc) is 2.68. The number of nitrogens with two attached hydrogens (primary N) is 1. The smallest absolute Gasteiger partial charge is 0.243 e. The van der Waals surface area contributed by atoms with Gasteiger partial charge in [0, 0.05) is 25.0 Å². The van der Waals surface area contributed by atoms with Gasteiger partial charge in [-0.3, -0.25) is 9.69 Å². The first-order chi connectivity index (χ1) is 13.8. The van der Waals surface area contributed by atoms with E-state index in [-0.39, 0.29) is 28.6 Å². The van der Waals surface area contributed by atoms with E-state index in [1.807, 2.05) is 0 Å². The molecule has 4 rings (SSSR count). The molecule has 2 aliphatic rings. The van der Waals surface area contributed by atoms with Gasteiger partial charge in [-0.2, -0.15) is 4.31 Å². The van der Waals surface area contributed by atoms with Crippen molar-refractivity contribution in [2.45, 2.75) is 23.8 Å². The lowest BCUT2D eigenvalue weighted by Crippen LogP contribution is -2.62. The normalized spacial score (nSPS) is 19.8. The number of sulfonamides is 1. The Labute approximate surface area is 170 Å². The Morgan fingerprint density at radius 3 is 1.97 bits per heavy atom. The van der Waals surface area contributed by atoms with Gasteiger partial charge in [0.15, 0.2) is 0 Å². The molecule has 0 saturated carbocycles. The van der Waals surface area contributed by atoms with Gasteiger partial charge in [-0.1, -0.05) is 24.3 Å². The van der Waals surface area contributed by atoms with Crippen molar-refractivity contribution in [3.63, 3.8) is 0 Å². The van der Waals surface area contributed by atoms with Crippen LogP contribution in [-0.4, -0.2) is 55.8 Å². The van der Waals surface area contributed by atoms with E-state index in [0.29, 0.717) is 13.1 Å². The summed E-state index contributed by atoms with van der Waals surface area (Å²) in [5.41, 5.74) is 7.04. The molecule has 0 spiro atoms. The van der Waals surface area contributed by atoms with Crippen LogP contribution in [0.15, 0.2) is 53.4 Å². The van der Waals surface area contributed by atoms with Crippen LogP contribution in [-0.2, 0) is 14.8 Å². The number of piperidine rings is 1. The fourth-order valence-electron chi connectivity index (χ4n) is 4.00. The van der Waals surface area contributed by atoms with Crippen molar-refractivity contribution in [2.24, 2.45) is 11.7 Å². The Morgan fingerprint density at radius 1 is 0.931 bits per heavy atom. The lowest BCUT2D eigenvalue weighted by Gasteiger charge is -2.46. The maximum absolute atomic E-state index is 13.1. The van der Waals surface area contributed by atoms with Crippen molar-refractivity contribution in [3.05, 3.63) is 54.3 Å². The number of hydrogen-bond donors (Lipinski definition) is 1. The van der Waals surface area contributed by atoms with E-state index in [9.17, 15) is 17.6 Å². The van der Waals surface area contributed by atoms with E-state index in [4.69, 9.17) is 5.73 Å². The molecule has 2 saturated heterocycles. The van der Waals surface area contributed by atoms with E-state index < -0.39 is 10.0 Å². The maximum atomic E-state index is 13.1. The van der Waals surface area contributed by atoms with Gasteiger partial charge in [-0.25, -0.2) is 12.8 Å². The van der Waals surface area contributed by atoms with Gasteiger partial charge in [-0.05, 0) is 61.3 Å². The lowest BCUT2D eigenvalue weighted by molar-refractivity contribution is -0.123. The fraction of sp³-hybridized carbons (Fsp3) is 0.381. The highest BCUT2D eigenvalue weighted by atomic mass is 32.2. The summed E-state index contributed by atoms with van der Waals surface area (Å²) in [6.45, 7) is 2.48. The number of halogens is 1. The van der Waals surface area contributed by atoms with Crippen molar-refractivity contribution < 1.29 is 17.6 Å². The highest BCUT2D eigenvalue weighted by Gasteiger charge is 2.40. The molecule has 0 radical (unpaired) electrons. The average molecular weight is 418 g/mol. The minimum atomic E-state index is -3.53. The van der Waals surface area contributed by atoms with E-state index in [1.165, 1.54) is 16.4 Å². The van der Waals surface area contributed by atoms with Crippen LogP contribution in [0.4, 0.5) is 4.39 Å². The molecule has 0 atom stereocenters. The van der Waals surface area contributed by atoms with Gasteiger partial charge in [0.1, 0.15) is 5.82 Å². The predicted octanol–water partition coefficient (Wildman–Crippen LogP) is 2.06. The lowest BCUT2D eigenvalue weighted by atomic mass is 9.94. The number of amides is 1. The SMILES string of the molecule is NC(=O)C1CCN(C2CN(S(=O)(=O)c3ccc(-c4ccc(F)cc4)cc3)C2)CC1. The van der Waals surface area contributed by atoms with Gasteiger partial charge in [-0.15, -0.1) is 0 Å². The Bertz CT molecular complexity index is 979. The second-order valence-electron chi connectivity index (χ2n) is 7.72. The number of carbonyl (C=O) groups excluding carboxylic acids is 1. The maximum Gasteiger partial charge on any atom is 0.243 e. The summed E-state index contributed by atoms with van der Waals surface area (Å²) >= 11 is 0. The van der Waals surface area contributed by atoms with Crippen molar-refractivity contribution in [1.82, 2.24) is 9.21 Å². The zero-order chi connectivity index (χ0) is 20.6. The van der Waals surface area contributed by atoms with Gasteiger partial charge >= 0.3 is 0 Å². The number of nitrogens with zero attached hydrogens (tertiary/aromatic N) is 2. The molecule has 2 N–H and O–H groups in total. The van der Waals surface area contributed by atoms with Crippen molar-refractivity contribution in [2.75, 3.05) is 26.2 Å². The summed E-state index contributed by atoms with van der Waals surface area (Å²) in [6.07, 6.45) is 1.48. The second-order valence-corrected chi connectivity index (χ2v) is 9.66. The predicted molar refractivity (Wildman–Crippen MR) is 108 cm³/mol. The first kappa shape index (κ1) is 20.0. The summed E-state index contributed by atoms with van der Waals surface area (Å²) in [5, 5.41) is 0. The zero-order valence-electron chi connectivity index (χ0n) is 16.0. The summed E-state index contributed by atoms with van der Waals surface area (Å²) in [7, 11) is -3.53. The Kier molecular flexibility index (Phi) is 5.42. The summed E-state index contributed by atoms with van der Waals surface area (Å²) < 4.78 is 40.3. The number of hydrogen-bond acceptors (Lipinski definition) is 4. The van der Waals surface area contributed by atoms with Crippen LogP contribution in [0, 0.1) is 11.7 Å². The van der Waals surface area contributed by atoms with E-state index in [1.54, 1.807) is 36.4 Å². The number of likely N-dealkylation sites (tertiary alicyclic amines) is 1. The van der Waals surface area contributed by atoms with Crippen LogP contribution in [0.5, 0.6) is 0 Å². The molecule has 154 valence electrons. The number of primary amides is 1. The molecule has 2 fully saturated rings. The molecule has 0 bridgehead atoms. The molecule has 29 heavy (non-hydrogen) atoms. The molecule has 2 heterocycles. The first-order valence-corrected chi connectivity index (χ1v) is 11.2. The monoisotopic (exact) mass is 417 g/mol. The van der Waals surface area contributed by atoms with Crippen molar-refractivity contribution >= 4 is 15.9 Å². The molecule has 2 aromatic carbocycles. The molecule has 2 aliphatic heterocycles. The van der Waals surface area contributed by atoms with Gasteiger partial charge in [0.05, 0.1) is 4.90 Å². The van der Waals surface area contributed by atoms with Gasteiger partial charge < -0.3 is 5.73 Å². The molecule has 6 nitrogen and oxygen atoms in total. The molecule has 0 aliphatic carbocycles. The van der Waals surface area contributed by atoms with E-state index in [0.717, 1.165) is 37.1 Å². The minimum absolute atomic E-state index is 0.0641. The van der Waals surface area contributed by atoms with Crippen LogP contribution in [0.1, 0.15) is 12.8 Å². The molecular formula is C21H24FN3O3S. The highest BCUT2D eigenvalue weighted by Crippen LogP contribution is 2.29. The molecular weight excluding hydrogens is 393 g/mol. The minimum Gasteiger partial charge on any atom is -0.369 e. The highest BCUT2D eigenvalue weighted by molar-refractivity contribution is 7.89. The quantitative estimate of drug-likeness (QED) is 0.807. The molecule has 1 amide bonds. The first-order valence-electron chi connectivity index (χ1n) is 9.74. The molecule has 0 aromatic heterocycles. The molecule has 8 heteroatoms. The number of carbonyl (C=O) groups is 1. The molecule has 0 unspecified atom stereocenters. The van der Waals surface area contributed by atoms with Crippen molar-refractivity contribution in [1.29, 1.82) is 0 Å². The van der Waals surface area contributed by atoms with E-state index in [2.05, 4.69) is 4.90 Å². The summed E-state index contributed by atoms with van der Waals surface area (Å²) in [4.78, 5) is 13.8. The fourth-order valence-corrected chi connectivity index (χ4v) is 5.52. The van der Waals surface area contributed by atoms with Crippen molar-refractivity contribution in [3.8, 4) is 11.1 Å². The van der Waals surface area contributed by atoms with Crippen LogP contribution in [0.2, 0.25) is 0 Å². The summed E-state index contributed by atoms with van der Waals surface area (Å²) in [5.74, 6) is -0.614. The third-order valence-electron chi connectivity index (χ3n) is 5.95. The van der Waals surface area contributed by atoms with Gasteiger partial charge in [0.2, 0.25) is 15.9 Å². The third kappa shape index (κ3) is 4.05. The number of benzene rings is 2. The Balaban J connectivity index is 1.37. The second kappa shape index (κ2) is 7.85. The third-order valence-corrected chi connectivity index (χ3v) is 7.79. The largest absolute Gasteiger partial charge is 0.369 e. The standard InChI is InChI=1S/C21H24FN3O3S/c22-18-5-1-15(2-6-18)16-3-7-20(8-4-16)29(27,28)25-13-19(14-25)24-11-9-17(10-12-24)21(23)26/h1-8,17,19H,9-14H2,(H2,23,26). The van der Waals surface area contributed by atoms with E-state index >= 15 is 0 Å². The molecule has 2 aromatic rings. The van der Waals surface area contributed by atoms with Crippen LogP contribution >= 0.6 is 0 Å². The topological polar surface area (TPSA) is 83.7 Å². The zero-order valence-corrected chi connectivity index (χ0v) is 16.8.